The van der Waals surface area contributed by atoms with E-state index in [1.54, 1.807) is 12.1 Å². The molecule has 4 rings (SSSR count). The smallest absolute Gasteiger partial charge is 0.240 e. The van der Waals surface area contributed by atoms with Gasteiger partial charge in [-0.25, -0.2) is 17.4 Å². The molecule has 152 valence electrons. The highest BCUT2D eigenvalue weighted by atomic mass is 32.2. The van der Waals surface area contributed by atoms with Crippen LogP contribution >= 0.6 is 0 Å². The molecule has 1 saturated heterocycles. The van der Waals surface area contributed by atoms with Gasteiger partial charge in [0.2, 0.25) is 45.9 Å². The van der Waals surface area contributed by atoms with E-state index < -0.39 is 45.9 Å². The first-order chi connectivity index (χ1) is 13.9. The Balaban J connectivity index is 1.68. The third-order valence-corrected chi connectivity index (χ3v) is 5.80. The Hall–Kier alpha value is -2.52. The van der Waals surface area contributed by atoms with Gasteiger partial charge in [0.05, 0.1) is 4.90 Å². The van der Waals surface area contributed by atoms with Gasteiger partial charge in [0, 0.05) is 6.04 Å². The number of hydrogen-bond donors (Lipinski definition) is 1. The summed E-state index contributed by atoms with van der Waals surface area (Å²) in [6.45, 7) is 0.916. The van der Waals surface area contributed by atoms with Crippen LogP contribution in [0.3, 0.4) is 0 Å². The van der Waals surface area contributed by atoms with Crippen molar-refractivity contribution in [3.05, 3.63) is 71.0 Å². The maximum absolute atomic E-state index is 13.8. The van der Waals surface area contributed by atoms with E-state index in [4.69, 9.17) is 0 Å². The highest BCUT2D eigenvalue weighted by Crippen LogP contribution is 2.33. The van der Waals surface area contributed by atoms with Crippen molar-refractivity contribution in [1.82, 2.24) is 5.32 Å². The molecule has 9 heteroatoms. The van der Waals surface area contributed by atoms with Crippen molar-refractivity contribution in [2.75, 3.05) is 6.54 Å². The van der Waals surface area contributed by atoms with Gasteiger partial charge in [0.1, 0.15) is 0 Å². The molecule has 1 aliphatic rings. The first kappa shape index (κ1) is 19.8. The molecule has 2 atom stereocenters. The molecule has 0 amide bonds. The standard InChI is InChI=1S/C20H14F5NO2S/c21-15-16(22)18(24)20(19(25)17(15)23)28-29(27)11-6-7-12-10(9-11)3-1-4-13(12)14-5-2-8-26-14/h1,3-4,6-7,9,14,26H,2,5,8H2. The zero-order valence-corrected chi connectivity index (χ0v) is 15.6. The molecule has 0 radical (unpaired) electrons. The van der Waals surface area contributed by atoms with Crippen LogP contribution in [0.2, 0.25) is 0 Å². The lowest BCUT2D eigenvalue weighted by Gasteiger charge is -2.14. The molecule has 2 unspecified atom stereocenters. The van der Waals surface area contributed by atoms with Crippen LogP contribution in [0.25, 0.3) is 10.8 Å². The van der Waals surface area contributed by atoms with Crippen molar-refractivity contribution in [2.45, 2.75) is 23.8 Å². The summed E-state index contributed by atoms with van der Waals surface area (Å²) in [6.07, 6.45) is 2.04. The van der Waals surface area contributed by atoms with E-state index >= 15 is 0 Å². The van der Waals surface area contributed by atoms with Crippen LogP contribution in [0.1, 0.15) is 24.4 Å². The predicted octanol–water partition coefficient (Wildman–Crippen LogP) is 5.06. The molecule has 0 bridgehead atoms. The summed E-state index contributed by atoms with van der Waals surface area (Å²) >= 11 is -2.49. The number of halogens is 5. The Morgan fingerprint density at radius 3 is 2.28 bits per heavy atom. The van der Waals surface area contributed by atoms with E-state index in [9.17, 15) is 26.2 Å². The second kappa shape index (κ2) is 7.72. The van der Waals surface area contributed by atoms with Crippen LogP contribution in [0.5, 0.6) is 5.75 Å². The fourth-order valence-corrected chi connectivity index (χ4v) is 4.22. The van der Waals surface area contributed by atoms with Crippen molar-refractivity contribution in [3.8, 4) is 5.75 Å². The Morgan fingerprint density at radius 2 is 1.62 bits per heavy atom. The minimum atomic E-state index is -2.49. The molecule has 0 aliphatic carbocycles. The van der Waals surface area contributed by atoms with Gasteiger partial charge in [-0.1, -0.05) is 24.3 Å². The average Bonchev–Trinajstić information content (AvgIpc) is 3.27. The van der Waals surface area contributed by atoms with Crippen LogP contribution in [-0.2, 0) is 11.1 Å². The molecule has 1 aliphatic heterocycles. The van der Waals surface area contributed by atoms with E-state index in [1.807, 2.05) is 12.1 Å². The summed E-state index contributed by atoms with van der Waals surface area (Å²) in [4.78, 5) is 0.0259. The van der Waals surface area contributed by atoms with Gasteiger partial charge in [0.15, 0.2) is 0 Å². The van der Waals surface area contributed by atoms with E-state index in [0.29, 0.717) is 5.39 Å². The lowest BCUT2D eigenvalue weighted by molar-refractivity contribution is 0.352. The molecule has 0 spiro atoms. The molecule has 1 N–H and O–H groups in total. The molecule has 3 aromatic carbocycles. The second-order valence-corrected chi connectivity index (χ2v) is 7.70. The predicted molar refractivity (Wildman–Crippen MR) is 97.2 cm³/mol. The van der Waals surface area contributed by atoms with E-state index in [1.165, 1.54) is 12.1 Å². The van der Waals surface area contributed by atoms with Crippen LogP contribution in [0.15, 0.2) is 41.3 Å². The van der Waals surface area contributed by atoms with Crippen LogP contribution < -0.4 is 9.50 Å². The van der Waals surface area contributed by atoms with Gasteiger partial charge in [-0.05, 0) is 47.9 Å². The molecule has 0 saturated carbocycles. The number of nitrogens with one attached hydrogen (secondary N) is 1. The maximum Gasteiger partial charge on any atom is 0.240 e. The molecule has 3 aromatic rings. The van der Waals surface area contributed by atoms with E-state index in [0.717, 1.165) is 30.3 Å². The summed E-state index contributed by atoms with van der Waals surface area (Å²) in [6, 6.07) is 10.4. The molecular formula is C20H14F5NO2S. The van der Waals surface area contributed by atoms with Gasteiger partial charge in [-0.2, -0.15) is 8.78 Å². The van der Waals surface area contributed by atoms with Crippen LogP contribution in [0, 0.1) is 29.1 Å². The van der Waals surface area contributed by atoms with Crippen molar-refractivity contribution >= 4 is 21.9 Å². The third-order valence-electron chi connectivity index (χ3n) is 4.84. The van der Waals surface area contributed by atoms with Gasteiger partial charge >= 0.3 is 0 Å². The quantitative estimate of drug-likeness (QED) is 0.359. The van der Waals surface area contributed by atoms with Gasteiger partial charge in [-0.3, -0.25) is 0 Å². The zero-order chi connectivity index (χ0) is 20.7. The van der Waals surface area contributed by atoms with Crippen molar-refractivity contribution in [2.24, 2.45) is 0 Å². The second-order valence-electron chi connectivity index (χ2n) is 6.60. The zero-order valence-electron chi connectivity index (χ0n) is 14.8. The molecule has 0 aromatic heterocycles. The highest BCUT2D eigenvalue weighted by Gasteiger charge is 2.29. The minimum absolute atomic E-state index is 0.0259. The highest BCUT2D eigenvalue weighted by molar-refractivity contribution is 7.80. The SMILES string of the molecule is O=S(Oc1c(F)c(F)c(F)c(F)c1F)c1ccc2c(C3CCCN3)cccc2c1. The van der Waals surface area contributed by atoms with Gasteiger partial charge in [-0.15, -0.1) is 0 Å². The van der Waals surface area contributed by atoms with Gasteiger partial charge in [0.25, 0.3) is 0 Å². The Kier molecular flexibility index (Phi) is 5.26. The summed E-state index contributed by atoms with van der Waals surface area (Å²) in [7, 11) is 0. The Bertz CT molecular complexity index is 1100. The fraction of sp³-hybridized carbons (Fsp3) is 0.200. The summed E-state index contributed by atoms with van der Waals surface area (Å²) in [5.41, 5.74) is 1.07. The first-order valence-electron chi connectivity index (χ1n) is 8.76. The molecule has 1 fully saturated rings. The molecule has 3 nitrogen and oxygen atoms in total. The lowest BCUT2D eigenvalue weighted by Crippen LogP contribution is -2.13. The lowest BCUT2D eigenvalue weighted by atomic mass is 9.98. The Labute approximate surface area is 165 Å². The van der Waals surface area contributed by atoms with Crippen LogP contribution in [-0.4, -0.2) is 10.8 Å². The van der Waals surface area contributed by atoms with Crippen molar-refractivity contribution in [3.63, 3.8) is 0 Å². The average molecular weight is 427 g/mol. The number of fused-ring (bicyclic) bond motifs is 1. The first-order valence-corrected chi connectivity index (χ1v) is 9.83. The molecule has 1 heterocycles. The van der Waals surface area contributed by atoms with Crippen molar-refractivity contribution < 1.29 is 30.3 Å². The number of benzene rings is 3. The topological polar surface area (TPSA) is 38.3 Å². The number of rotatable bonds is 4. The molecular weight excluding hydrogens is 413 g/mol. The van der Waals surface area contributed by atoms with Crippen molar-refractivity contribution in [1.29, 1.82) is 0 Å². The summed E-state index contributed by atoms with van der Waals surface area (Å²) in [5.74, 6) is -12.6. The fourth-order valence-electron chi connectivity index (χ4n) is 3.43. The monoisotopic (exact) mass is 427 g/mol. The summed E-state index contributed by atoms with van der Waals surface area (Å²) in [5, 5.41) is 5.01. The summed E-state index contributed by atoms with van der Waals surface area (Å²) < 4.78 is 84.3. The van der Waals surface area contributed by atoms with Crippen LogP contribution in [0.4, 0.5) is 22.0 Å². The normalized spacial score (nSPS) is 17.6. The maximum atomic E-state index is 13.8. The molecule has 29 heavy (non-hydrogen) atoms. The van der Waals surface area contributed by atoms with Gasteiger partial charge < -0.3 is 9.50 Å². The van der Waals surface area contributed by atoms with E-state index in [-0.39, 0.29) is 10.9 Å². The van der Waals surface area contributed by atoms with E-state index in [2.05, 4.69) is 9.50 Å². The number of hydrogen-bond acceptors (Lipinski definition) is 3. The Morgan fingerprint density at radius 1 is 0.931 bits per heavy atom. The third kappa shape index (κ3) is 3.49. The minimum Gasteiger partial charge on any atom is -0.390 e. The largest absolute Gasteiger partial charge is 0.390 e.